The lowest BCUT2D eigenvalue weighted by atomic mass is 9.68. The molecule has 0 atom stereocenters. The molecule has 2 aliphatic carbocycles. The standard InChI is InChI=1S/C20H33F5O/c1-2-3-4-5-15-6-8-16(9-7-15)17-10-12-18(13-11-17)20(24,25)26-14-19(21,22)23/h15-18H,2-14H2,1H3. The summed E-state index contributed by atoms with van der Waals surface area (Å²) in [5.74, 6) is 0.824. The fourth-order valence-corrected chi connectivity index (χ4v) is 4.85. The van der Waals surface area contributed by atoms with Crippen LogP contribution in [0, 0.1) is 23.7 Å². The molecule has 0 aromatic rings. The molecule has 2 saturated carbocycles. The molecular weight excluding hydrogens is 351 g/mol. The Hall–Kier alpha value is -0.390. The molecule has 0 amide bonds. The van der Waals surface area contributed by atoms with Crippen molar-refractivity contribution in [3.8, 4) is 0 Å². The van der Waals surface area contributed by atoms with Gasteiger partial charge < -0.3 is 4.74 Å². The van der Waals surface area contributed by atoms with Crippen molar-refractivity contribution in [2.75, 3.05) is 6.61 Å². The van der Waals surface area contributed by atoms with E-state index in [4.69, 9.17) is 0 Å². The molecule has 0 saturated heterocycles. The van der Waals surface area contributed by atoms with Gasteiger partial charge >= 0.3 is 12.3 Å². The first kappa shape index (κ1) is 21.9. The van der Waals surface area contributed by atoms with Gasteiger partial charge in [-0.05, 0) is 56.3 Å². The topological polar surface area (TPSA) is 9.23 Å². The number of halogens is 5. The van der Waals surface area contributed by atoms with E-state index in [1.54, 1.807) is 0 Å². The zero-order chi connectivity index (χ0) is 19.2. The minimum absolute atomic E-state index is 0.270. The molecule has 2 rings (SSSR count). The molecule has 0 aromatic heterocycles. The summed E-state index contributed by atoms with van der Waals surface area (Å²) in [5.41, 5.74) is 0. The molecule has 0 unspecified atom stereocenters. The minimum atomic E-state index is -4.71. The average molecular weight is 384 g/mol. The predicted molar refractivity (Wildman–Crippen MR) is 92.0 cm³/mol. The molecule has 0 aromatic carbocycles. The van der Waals surface area contributed by atoms with Gasteiger partial charge in [-0.15, -0.1) is 0 Å². The fourth-order valence-electron chi connectivity index (χ4n) is 4.85. The first-order valence-corrected chi connectivity index (χ1v) is 10.3. The Morgan fingerprint density at radius 2 is 1.31 bits per heavy atom. The van der Waals surface area contributed by atoms with E-state index in [-0.39, 0.29) is 12.8 Å². The lowest BCUT2D eigenvalue weighted by molar-refractivity contribution is -0.314. The van der Waals surface area contributed by atoms with Crippen molar-refractivity contribution in [1.29, 1.82) is 0 Å². The van der Waals surface area contributed by atoms with Crippen LogP contribution in [0.4, 0.5) is 22.0 Å². The van der Waals surface area contributed by atoms with Crippen LogP contribution in [-0.2, 0) is 4.74 Å². The Morgan fingerprint density at radius 3 is 1.81 bits per heavy atom. The summed E-state index contributed by atoms with van der Waals surface area (Å²) in [5, 5.41) is 0. The lowest BCUT2D eigenvalue weighted by Crippen LogP contribution is -2.38. The summed E-state index contributed by atoms with van der Waals surface area (Å²) in [6.45, 7) is 0.340. The van der Waals surface area contributed by atoms with Crippen molar-refractivity contribution in [2.24, 2.45) is 23.7 Å². The molecule has 2 fully saturated rings. The largest absolute Gasteiger partial charge is 0.412 e. The first-order valence-electron chi connectivity index (χ1n) is 10.3. The van der Waals surface area contributed by atoms with E-state index in [0.29, 0.717) is 24.7 Å². The smallest absolute Gasteiger partial charge is 0.311 e. The van der Waals surface area contributed by atoms with Gasteiger partial charge in [0.15, 0.2) is 0 Å². The number of alkyl halides is 5. The summed E-state index contributed by atoms with van der Waals surface area (Å²) in [6.07, 6.45) is 3.59. The van der Waals surface area contributed by atoms with Crippen LogP contribution in [0.1, 0.15) is 84.0 Å². The highest BCUT2D eigenvalue weighted by Crippen LogP contribution is 2.46. The van der Waals surface area contributed by atoms with Crippen LogP contribution in [0.2, 0.25) is 0 Å². The average Bonchev–Trinajstić information content (AvgIpc) is 2.61. The van der Waals surface area contributed by atoms with Crippen LogP contribution in [0.25, 0.3) is 0 Å². The number of rotatable bonds is 8. The summed E-state index contributed by atoms with van der Waals surface area (Å²) >= 11 is 0. The monoisotopic (exact) mass is 384 g/mol. The molecule has 26 heavy (non-hydrogen) atoms. The Labute approximate surface area is 154 Å². The molecule has 0 aliphatic heterocycles. The van der Waals surface area contributed by atoms with Crippen LogP contribution in [0.3, 0.4) is 0 Å². The minimum Gasteiger partial charge on any atom is -0.311 e. The summed E-state index contributed by atoms with van der Waals surface area (Å²) in [4.78, 5) is 0. The van der Waals surface area contributed by atoms with Crippen molar-refractivity contribution in [2.45, 2.75) is 96.3 Å². The van der Waals surface area contributed by atoms with Gasteiger partial charge in [-0.3, -0.25) is 0 Å². The molecule has 0 bridgehead atoms. The van der Waals surface area contributed by atoms with Gasteiger partial charge in [0.25, 0.3) is 0 Å². The normalized spacial score (nSPS) is 31.2. The third-order valence-corrected chi connectivity index (χ3v) is 6.45. The molecule has 6 heteroatoms. The van der Waals surface area contributed by atoms with E-state index in [9.17, 15) is 22.0 Å². The highest BCUT2D eigenvalue weighted by Gasteiger charge is 2.46. The Bertz CT molecular complexity index is 393. The zero-order valence-electron chi connectivity index (χ0n) is 15.8. The zero-order valence-corrected chi connectivity index (χ0v) is 15.8. The van der Waals surface area contributed by atoms with Gasteiger partial charge in [0.1, 0.15) is 6.61 Å². The molecular formula is C20H33F5O. The molecule has 154 valence electrons. The molecule has 0 spiro atoms. The third kappa shape index (κ3) is 6.97. The molecule has 1 nitrogen and oxygen atoms in total. The van der Waals surface area contributed by atoms with Crippen molar-refractivity contribution in [1.82, 2.24) is 0 Å². The van der Waals surface area contributed by atoms with Crippen molar-refractivity contribution >= 4 is 0 Å². The van der Waals surface area contributed by atoms with E-state index in [1.165, 1.54) is 51.4 Å². The Balaban J connectivity index is 1.70. The van der Waals surface area contributed by atoms with Crippen LogP contribution >= 0.6 is 0 Å². The second-order valence-corrected chi connectivity index (χ2v) is 8.35. The number of unbranched alkanes of at least 4 members (excludes halogenated alkanes) is 2. The maximum atomic E-state index is 13.9. The fraction of sp³-hybridized carbons (Fsp3) is 1.00. The SMILES string of the molecule is CCCCCC1CCC(C2CCC(C(F)(F)OCC(F)(F)F)CC2)CC1. The van der Waals surface area contributed by atoms with E-state index in [2.05, 4.69) is 11.7 Å². The second kappa shape index (κ2) is 9.70. The number of hydrogen-bond acceptors (Lipinski definition) is 1. The Morgan fingerprint density at radius 1 is 0.769 bits per heavy atom. The highest BCUT2D eigenvalue weighted by atomic mass is 19.4. The van der Waals surface area contributed by atoms with Gasteiger partial charge in [-0.2, -0.15) is 22.0 Å². The molecule has 0 N–H and O–H groups in total. The van der Waals surface area contributed by atoms with E-state index >= 15 is 0 Å². The second-order valence-electron chi connectivity index (χ2n) is 8.35. The van der Waals surface area contributed by atoms with Gasteiger partial charge in [0, 0.05) is 0 Å². The van der Waals surface area contributed by atoms with Crippen molar-refractivity contribution < 1.29 is 26.7 Å². The maximum absolute atomic E-state index is 13.9. The summed E-state index contributed by atoms with van der Waals surface area (Å²) < 4.78 is 68.1. The maximum Gasteiger partial charge on any atom is 0.412 e. The summed E-state index contributed by atoms with van der Waals surface area (Å²) in [6, 6.07) is 0. The third-order valence-electron chi connectivity index (χ3n) is 6.45. The van der Waals surface area contributed by atoms with Gasteiger partial charge in [-0.1, -0.05) is 45.4 Å². The Kier molecular flexibility index (Phi) is 8.17. The number of hydrogen-bond donors (Lipinski definition) is 0. The molecule has 0 radical (unpaired) electrons. The van der Waals surface area contributed by atoms with E-state index < -0.39 is 24.8 Å². The summed E-state index contributed by atoms with van der Waals surface area (Å²) in [7, 11) is 0. The van der Waals surface area contributed by atoms with Crippen LogP contribution < -0.4 is 0 Å². The quantitative estimate of drug-likeness (QED) is 0.314. The van der Waals surface area contributed by atoms with Crippen LogP contribution in [0.5, 0.6) is 0 Å². The van der Waals surface area contributed by atoms with Gasteiger partial charge in [0.2, 0.25) is 0 Å². The lowest BCUT2D eigenvalue weighted by Gasteiger charge is -2.39. The van der Waals surface area contributed by atoms with E-state index in [1.807, 2.05) is 0 Å². The van der Waals surface area contributed by atoms with Crippen LogP contribution in [0.15, 0.2) is 0 Å². The highest BCUT2D eigenvalue weighted by molar-refractivity contribution is 4.84. The van der Waals surface area contributed by atoms with Crippen LogP contribution in [-0.4, -0.2) is 18.9 Å². The first-order chi connectivity index (χ1) is 12.2. The number of ether oxygens (including phenoxy) is 1. The van der Waals surface area contributed by atoms with Crippen molar-refractivity contribution in [3.05, 3.63) is 0 Å². The van der Waals surface area contributed by atoms with Gasteiger partial charge in [-0.25, -0.2) is 0 Å². The van der Waals surface area contributed by atoms with Crippen molar-refractivity contribution in [3.63, 3.8) is 0 Å². The molecule has 0 heterocycles. The predicted octanol–water partition coefficient (Wildman–Crippen LogP) is 7.35. The van der Waals surface area contributed by atoms with Gasteiger partial charge in [0.05, 0.1) is 5.92 Å². The van der Waals surface area contributed by atoms with E-state index in [0.717, 1.165) is 5.92 Å². The molecule has 2 aliphatic rings.